The van der Waals surface area contributed by atoms with Crippen molar-refractivity contribution in [3.05, 3.63) is 0 Å². The van der Waals surface area contributed by atoms with Gasteiger partial charge >= 0.3 is 0 Å². The van der Waals surface area contributed by atoms with E-state index in [1.807, 2.05) is 4.90 Å². The Morgan fingerprint density at radius 3 is 2.19 bits per heavy atom. The number of carbonyl (C=O) groups excluding carboxylic acids is 1. The van der Waals surface area contributed by atoms with Crippen LogP contribution in [0.1, 0.15) is 32.1 Å². The number of hydrogen-bond acceptors (Lipinski definition) is 3. The highest BCUT2D eigenvalue weighted by Gasteiger charge is 2.48. The highest BCUT2D eigenvalue weighted by Crippen LogP contribution is 2.34. The molecule has 0 bridgehead atoms. The van der Waals surface area contributed by atoms with Crippen molar-refractivity contribution in [1.82, 2.24) is 9.80 Å². The van der Waals surface area contributed by atoms with Crippen LogP contribution in [0.5, 0.6) is 0 Å². The number of piperazine rings is 1. The molecule has 2 saturated carbocycles. The number of rotatable bonds is 2. The molecule has 0 aromatic heterocycles. The molecular formula is C12H21N3O. The van der Waals surface area contributed by atoms with E-state index in [4.69, 9.17) is 5.73 Å². The highest BCUT2D eigenvalue weighted by molar-refractivity contribution is 5.89. The van der Waals surface area contributed by atoms with Crippen molar-refractivity contribution >= 4 is 5.91 Å². The Hall–Kier alpha value is -0.610. The fourth-order valence-corrected chi connectivity index (χ4v) is 2.71. The first-order valence-corrected chi connectivity index (χ1v) is 6.51. The third-order valence-electron chi connectivity index (χ3n) is 4.41. The molecule has 0 aromatic carbocycles. The van der Waals surface area contributed by atoms with E-state index in [9.17, 15) is 4.79 Å². The molecule has 0 unspecified atom stereocenters. The topological polar surface area (TPSA) is 49.6 Å². The van der Waals surface area contributed by atoms with Crippen molar-refractivity contribution in [3.63, 3.8) is 0 Å². The maximum absolute atomic E-state index is 12.0. The van der Waals surface area contributed by atoms with E-state index in [2.05, 4.69) is 4.90 Å². The second-order valence-electron chi connectivity index (χ2n) is 5.57. The molecule has 4 heteroatoms. The fourth-order valence-electron chi connectivity index (χ4n) is 2.71. The van der Waals surface area contributed by atoms with Gasteiger partial charge in [0.25, 0.3) is 0 Å². The van der Waals surface area contributed by atoms with Crippen LogP contribution in [0.2, 0.25) is 0 Å². The van der Waals surface area contributed by atoms with Crippen LogP contribution >= 0.6 is 0 Å². The maximum Gasteiger partial charge on any atom is 0.242 e. The second kappa shape index (κ2) is 3.70. The Morgan fingerprint density at radius 2 is 1.75 bits per heavy atom. The van der Waals surface area contributed by atoms with Crippen LogP contribution in [0.3, 0.4) is 0 Å². The zero-order valence-corrected chi connectivity index (χ0v) is 9.82. The van der Waals surface area contributed by atoms with Crippen molar-refractivity contribution in [3.8, 4) is 0 Å². The maximum atomic E-state index is 12.0. The van der Waals surface area contributed by atoms with Crippen LogP contribution in [0.15, 0.2) is 0 Å². The zero-order valence-electron chi connectivity index (χ0n) is 9.82. The van der Waals surface area contributed by atoms with Gasteiger partial charge in [-0.2, -0.15) is 0 Å². The number of hydrogen-bond donors (Lipinski definition) is 1. The quantitative estimate of drug-likeness (QED) is 0.726. The van der Waals surface area contributed by atoms with Crippen LogP contribution in [0.4, 0.5) is 0 Å². The molecule has 1 heterocycles. The van der Waals surface area contributed by atoms with E-state index >= 15 is 0 Å². The predicted molar refractivity (Wildman–Crippen MR) is 61.9 cm³/mol. The summed E-state index contributed by atoms with van der Waals surface area (Å²) < 4.78 is 0. The lowest BCUT2D eigenvalue weighted by atomic mass is 9.91. The van der Waals surface area contributed by atoms with Gasteiger partial charge in [0.05, 0.1) is 5.54 Å². The average Bonchev–Trinajstić information content (AvgIpc) is 2.96. The largest absolute Gasteiger partial charge is 0.339 e. The summed E-state index contributed by atoms with van der Waals surface area (Å²) in [7, 11) is 0. The molecule has 3 fully saturated rings. The van der Waals surface area contributed by atoms with Crippen LogP contribution in [0.25, 0.3) is 0 Å². The minimum Gasteiger partial charge on any atom is -0.339 e. The van der Waals surface area contributed by atoms with Crippen LogP contribution in [-0.4, -0.2) is 53.5 Å². The molecular weight excluding hydrogens is 202 g/mol. The Morgan fingerprint density at radius 1 is 1.12 bits per heavy atom. The monoisotopic (exact) mass is 223 g/mol. The third kappa shape index (κ3) is 1.74. The molecule has 0 atom stereocenters. The SMILES string of the molecule is NC1(C(=O)N2CCN(C3CCC3)CC2)CC1. The van der Waals surface area contributed by atoms with Gasteiger partial charge in [-0.1, -0.05) is 6.42 Å². The summed E-state index contributed by atoms with van der Waals surface area (Å²) in [6.45, 7) is 3.86. The molecule has 1 amide bonds. The summed E-state index contributed by atoms with van der Waals surface area (Å²) in [4.78, 5) is 16.5. The predicted octanol–water partition coefficient (Wildman–Crippen LogP) is 0.174. The van der Waals surface area contributed by atoms with Crippen LogP contribution in [-0.2, 0) is 4.79 Å². The molecule has 3 rings (SSSR count). The highest BCUT2D eigenvalue weighted by atomic mass is 16.2. The molecule has 90 valence electrons. The summed E-state index contributed by atoms with van der Waals surface area (Å²) in [6.07, 6.45) is 5.86. The summed E-state index contributed by atoms with van der Waals surface area (Å²) in [5.74, 6) is 0.195. The Labute approximate surface area is 96.8 Å². The Kier molecular flexibility index (Phi) is 2.44. The van der Waals surface area contributed by atoms with Gasteiger partial charge in [-0.05, 0) is 25.7 Å². The molecule has 1 aliphatic heterocycles. The zero-order chi connectivity index (χ0) is 11.2. The van der Waals surface area contributed by atoms with E-state index in [0.29, 0.717) is 0 Å². The Bertz CT molecular complexity index is 289. The van der Waals surface area contributed by atoms with Gasteiger partial charge in [0.15, 0.2) is 0 Å². The first kappa shape index (κ1) is 10.5. The molecule has 0 spiro atoms. The van der Waals surface area contributed by atoms with Gasteiger partial charge < -0.3 is 10.6 Å². The minimum absolute atomic E-state index is 0.195. The molecule has 2 N–H and O–H groups in total. The molecule has 2 aliphatic carbocycles. The number of nitrogens with zero attached hydrogens (tertiary/aromatic N) is 2. The van der Waals surface area contributed by atoms with Gasteiger partial charge in [-0.25, -0.2) is 0 Å². The van der Waals surface area contributed by atoms with Gasteiger partial charge in [0.1, 0.15) is 0 Å². The molecule has 4 nitrogen and oxygen atoms in total. The minimum atomic E-state index is -0.474. The first-order chi connectivity index (χ1) is 7.69. The summed E-state index contributed by atoms with van der Waals surface area (Å²) in [5, 5.41) is 0. The van der Waals surface area contributed by atoms with E-state index in [-0.39, 0.29) is 5.91 Å². The number of nitrogens with two attached hydrogens (primary N) is 1. The van der Waals surface area contributed by atoms with Gasteiger partial charge in [0, 0.05) is 32.2 Å². The summed E-state index contributed by atoms with van der Waals surface area (Å²) in [6, 6.07) is 0.810. The summed E-state index contributed by atoms with van der Waals surface area (Å²) >= 11 is 0. The van der Waals surface area contributed by atoms with E-state index < -0.39 is 5.54 Å². The number of carbonyl (C=O) groups is 1. The smallest absolute Gasteiger partial charge is 0.242 e. The first-order valence-electron chi connectivity index (χ1n) is 6.51. The third-order valence-corrected chi connectivity index (χ3v) is 4.41. The fraction of sp³-hybridized carbons (Fsp3) is 0.917. The summed E-state index contributed by atoms with van der Waals surface area (Å²) in [5.41, 5.74) is 5.47. The Balaban J connectivity index is 1.52. The van der Waals surface area contributed by atoms with E-state index in [0.717, 1.165) is 45.1 Å². The lowest BCUT2D eigenvalue weighted by Gasteiger charge is -2.43. The molecule has 0 radical (unpaired) electrons. The van der Waals surface area contributed by atoms with E-state index in [1.54, 1.807) is 0 Å². The van der Waals surface area contributed by atoms with Crippen LogP contribution < -0.4 is 5.73 Å². The van der Waals surface area contributed by atoms with Crippen molar-refractivity contribution in [2.45, 2.75) is 43.7 Å². The van der Waals surface area contributed by atoms with Crippen molar-refractivity contribution < 1.29 is 4.79 Å². The molecule has 3 aliphatic rings. The van der Waals surface area contributed by atoms with Crippen molar-refractivity contribution in [2.75, 3.05) is 26.2 Å². The molecule has 1 saturated heterocycles. The lowest BCUT2D eigenvalue weighted by Crippen LogP contribution is -2.56. The molecule has 0 aromatic rings. The number of amides is 1. The van der Waals surface area contributed by atoms with E-state index in [1.165, 1.54) is 19.3 Å². The molecule has 16 heavy (non-hydrogen) atoms. The standard InChI is InChI=1S/C12H21N3O/c13-12(4-5-12)11(16)15-8-6-14(7-9-15)10-2-1-3-10/h10H,1-9,13H2. The van der Waals surface area contributed by atoms with Gasteiger partial charge in [0.2, 0.25) is 5.91 Å². The average molecular weight is 223 g/mol. The lowest BCUT2D eigenvalue weighted by molar-refractivity contribution is -0.136. The van der Waals surface area contributed by atoms with Crippen molar-refractivity contribution in [1.29, 1.82) is 0 Å². The normalized spacial score (nSPS) is 29.9. The van der Waals surface area contributed by atoms with Gasteiger partial charge in [-0.15, -0.1) is 0 Å². The van der Waals surface area contributed by atoms with Crippen molar-refractivity contribution in [2.24, 2.45) is 5.73 Å². The van der Waals surface area contributed by atoms with Crippen LogP contribution in [0, 0.1) is 0 Å². The van der Waals surface area contributed by atoms with Gasteiger partial charge in [-0.3, -0.25) is 9.69 Å². The second-order valence-corrected chi connectivity index (χ2v) is 5.57.